The van der Waals surface area contributed by atoms with Crippen molar-refractivity contribution in [3.05, 3.63) is 60.4 Å². The second-order valence-electron chi connectivity index (χ2n) is 5.22. The zero-order valence-corrected chi connectivity index (χ0v) is 13.1. The zero-order chi connectivity index (χ0) is 18.6. The Kier molecular flexibility index (Phi) is 4.83. The number of hydrogen-bond acceptors (Lipinski definition) is 5. The molecule has 3 aromatic rings. The van der Waals surface area contributed by atoms with Gasteiger partial charge in [0.25, 0.3) is 0 Å². The topological polar surface area (TPSA) is 81.9 Å². The van der Waals surface area contributed by atoms with E-state index in [0.717, 1.165) is 23.4 Å². The maximum absolute atomic E-state index is 12.2. The normalized spacial score (nSPS) is 11.2. The van der Waals surface area contributed by atoms with Crippen molar-refractivity contribution in [2.75, 3.05) is 5.32 Å². The number of carbonyl (C=O) groups excluding carboxylic acids is 1. The molecule has 3 rings (SSSR count). The smallest absolute Gasteiger partial charge is 0.406 e. The van der Waals surface area contributed by atoms with Crippen LogP contribution in [-0.2, 0) is 11.2 Å². The van der Waals surface area contributed by atoms with Crippen molar-refractivity contribution in [2.24, 2.45) is 0 Å². The van der Waals surface area contributed by atoms with E-state index in [1.165, 1.54) is 23.1 Å². The third-order valence-corrected chi connectivity index (χ3v) is 3.27. The van der Waals surface area contributed by atoms with Crippen molar-refractivity contribution in [1.82, 2.24) is 20.2 Å². The Bertz CT molecular complexity index is 880. The van der Waals surface area contributed by atoms with Gasteiger partial charge in [0.05, 0.1) is 12.1 Å². The summed E-state index contributed by atoms with van der Waals surface area (Å²) in [7, 11) is 0. The molecule has 1 aromatic heterocycles. The van der Waals surface area contributed by atoms with Gasteiger partial charge < -0.3 is 10.1 Å². The Hall–Kier alpha value is -3.43. The number of hydrogen-bond donors (Lipinski definition) is 1. The molecule has 0 bridgehead atoms. The van der Waals surface area contributed by atoms with E-state index in [9.17, 15) is 18.0 Å². The molecule has 0 spiro atoms. The SMILES string of the molecule is O=C(Cc1ccc(-n2cnnn2)cc1)Nc1cccc(OC(F)(F)F)c1. The first-order chi connectivity index (χ1) is 12.4. The Morgan fingerprint density at radius 2 is 1.92 bits per heavy atom. The molecule has 134 valence electrons. The first-order valence-corrected chi connectivity index (χ1v) is 7.37. The minimum atomic E-state index is -4.79. The molecule has 26 heavy (non-hydrogen) atoms. The van der Waals surface area contributed by atoms with Crippen LogP contribution in [0.4, 0.5) is 18.9 Å². The van der Waals surface area contributed by atoms with Gasteiger partial charge in [-0.1, -0.05) is 18.2 Å². The van der Waals surface area contributed by atoms with Crippen LogP contribution in [0, 0.1) is 0 Å². The molecular weight excluding hydrogens is 351 g/mol. The van der Waals surface area contributed by atoms with Gasteiger partial charge in [0.1, 0.15) is 12.1 Å². The van der Waals surface area contributed by atoms with Gasteiger partial charge in [-0.15, -0.1) is 18.3 Å². The summed E-state index contributed by atoms with van der Waals surface area (Å²) in [6.07, 6.45) is -3.29. The van der Waals surface area contributed by atoms with Gasteiger partial charge in [0, 0.05) is 11.8 Å². The summed E-state index contributed by atoms with van der Waals surface area (Å²) in [5.74, 6) is -0.773. The standard InChI is InChI=1S/C16H12F3N5O2/c17-16(18,19)26-14-3-1-2-12(9-14)21-15(25)8-11-4-6-13(7-5-11)24-10-20-22-23-24/h1-7,9-10H,8H2,(H,21,25). The van der Waals surface area contributed by atoms with E-state index >= 15 is 0 Å². The number of aromatic nitrogens is 4. The summed E-state index contributed by atoms with van der Waals surface area (Å²) in [6.45, 7) is 0. The van der Waals surface area contributed by atoms with Gasteiger partial charge in [-0.05, 0) is 40.3 Å². The third kappa shape index (κ3) is 4.79. The lowest BCUT2D eigenvalue weighted by molar-refractivity contribution is -0.274. The molecular formula is C16H12F3N5O2. The first kappa shape index (κ1) is 17.4. The lowest BCUT2D eigenvalue weighted by Gasteiger charge is -2.11. The summed E-state index contributed by atoms with van der Waals surface area (Å²) in [4.78, 5) is 12.1. The largest absolute Gasteiger partial charge is 0.573 e. The predicted octanol–water partition coefficient (Wildman–Crippen LogP) is 2.74. The molecule has 0 fully saturated rings. The molecule has 0 radical (unpaired) electrons. The molecule has 0 atom stereocenters. The number of nitrogens with one attached hydrogen (secondary N) is 1. The maximum atomic E-state index is 12.2. The summed E-state index contributed by atoms with van der Waals surface area (Å²) in [6, 6.07) is 12.1. The van der Waals surface area contributed by atoms with E-state index < -0.39 is 12.1 Å². The highest BCUT2D eigenvalue weighted by Gasteiger charge is 2.31. The Morgan fingerprint density at radius 3 is 2.58 bits per heavy atom. The van der Waals surface area contributed by atoms with Crippen LogP contribution in [0.15, 0.2) is 54.9 Å². The second-order valence-corrected chi connectivity index (χ2v) is 5.22. The summed E-state index contributed by atoms with van der Waals surface area (Å²) < 4.78 is 42.0. The van der Waals surface area contributed by atoms with Crippen molar-refractivity contribution in [1.29, 1.82) is 0 Å². The van der Waals surface area contributed by atoms with Crippen LogP contribution in [0.25, 0.3) is 5.69 Å². The van der Waals surface area contributed by atoms with Crippen LogP contribution in [0.3, 0.4) is 0 Å². The van der Waals surface area contributed by atoms with Crippen LogP contribution in [0.1, 0.15) is 5.56 Å². The number of carbonyl (C=O) groups is 1. The Morgan fingerprint density at radius 1 is 1.15 bits per heavy atom. The molecule has 1 amide bonds. The highest BCUT2D eigenvalue weighted by atomic mass is 19.4. The summed E-state index contributed by atoms with van der Waals surface area (Å²) in [5, 5.41) is 13.4. The average Bonchev–Trinajstić information content (AvgIpc) is 3.08. The van der Waals surface area contributed by atoms with Gasteiger partial charge in [0.15, 0.2) is 0 Å². The van der Waals surface area contributed by atoms with E-state index in [0.29, 0.717) is 0 Å². The van der Waals surface area contributed by atoms with Crippen LogP contribution in [-0.4, -0.2) is 32.5 Å². The van der Waals surface area contributed by atoms with Crippen molar-refractivity contribution in [3.63, 3.8) is 0 Å². The number of ether oxygens (including phenoxy) is 1. The lowest BCUT2D eigenvalue weighted by Crippen LogP contribution is -2.18. The van der Waals surface area contributed by atoms with Crippen molar-refractivity contribution >= 4 is 11.6 Å². The number of alkyl halides is 3. The monoisotopic (exact) mass is 363 g/mol. The van der Waals surface area contributed by atoms with E-state index in [2.05, 4.69) is 25.6 Å². The van der Waals surface area contributed by atoms with Crippen LogP contribution in [0.2, 0.25) is 0 Å². The van der Waals surface area contributed by atoms with Gasteiger partial charge in [-0.25, -0.2) is 4.68 Å². The predicted molar refractivity (Wildman–Crippen MR) is 84.6 cm³/mol. The van der Waals surface area contributed by atoms with Gasteiger partial charge >= 0.3 is 6.36 Å². The minimum Gasteiger partial charge on any atom is -0.406 e. The number of benzene rings is 2. The molecule has 0 aliphatic heterocycles. The average molecular weight is 363 g/mol. The molecule has 7 nitrogen and oxygen atoms in total. The molecule has 1 heterocycles. The van der Waals surface area contributed by atoms with Crippen LogP contribution in [0.5, 0.6) is 5.75 Å². The quantitative estimate of drug-likeness (QED) is 0.754. The molecule has 1 N–H and O–H groups in total. The van der Waals surface area contributed by atoms with E-state index in [1.807, 2.05) is 0 Å². The zero-order valence-electron chi connectivity index (χ0n) is 13.1. The van der Waals surface area contributed by atoms with E-state index in [-0.39, 0.29) is 18.0 Å². The number of anilines is 1. The van der Waals surface area contributed by atoms with Gasteiger partial charge in [0.2, 0.25) is 5.91 Å². The Labute approximate surface area is 145 Å². The third-order valence-electron chi connectivity index (χ3n) is 3.27. The number of halogens is 3. The van der Waals surface area contributed by atoms with Crippen molar-refractivity contribution in [2.45, 2.75) is 12.8 Å². The highest BCUT2D eigenvalue weighted by molar-refractivity contribution is 5.92. The number of amides is 1. The van der Waals surface area contributed by atoms with E-state index in [1.54, 1.807) is 24.3 Å². The molecule has 0 unspecified atom stereocenters. The molecule has 2 aromatic carbocycles. The van der Waals surface area contributed by atoms with E-state index in [4.69, 9.17) is 0 Å². The molecule has 10 heteroatoms. The van der Waals surface area contributed by atoms with Crippen LogP contribution >= 0.6 is 0 Å². The molecule has 0 aliphatic rings. The highest BCUT2D eigenvalue weighted by Crippen LogP contribution is 2.25. The number of nitrogens with zero attached hydrogens (tertiary/aromatic N) is 4. The van der Waals surface area contributed by atoms with Gasteiger partial charge in [-0.2, -0.15) is 0 Å². The van der Waals surface area contributed by atoms with Crippen molar-refractivity contribution < 1.29 is 22.7 Å². The number of rotatable bonds is 5. The Balaban J connectivity index is 1.61. The minimum absolute atomic E-state index is 0.0558. The van der Waals surface area contributed by atoms with Crippen molar-refractivity contribution in [3.8, 4) is 11.4 Å². The summed E-state index contributed by atoms with van der Waals surface area (Å²) in [5.41, 5.74) is 1.67. The fourth-order valence-electron chi connectivity index (χ4n) is 2.21. The molecule has 0 saturated heterocycles. The van der Waals surface area contributed by atoms with Crippen LogP contribution < -0.4 is 10.1 Å². The van der Waals surface area contributed by atoms with Gasteiger partial charge in [-0.3, -0.25) is 4.79 Å². The first-order valence-electron chi connectivity index (χ1n) is 7.37. The molecule has 0 aliphatic carbocycles. The summed E-state index contributed by atoms with van der Waals surface area (Å²) >= 11 is 0. The maximum Gasteiger partial charge on any atom is 0.573 e. The fraction of sp³-hybridized carbons (Fsp3) is 0.125. The molecule has 0 saturated carbocycles. The fourth-order valence-corrected chi connectivity index (χ4v) is 2.21. The second kappa shape index (κ2) is 7.21. The number of tetrazole rings is 1. The lowest BCUT2D eigenvalue weighted by atomic mass is 10.1.